The van der Waals surface area contributed by atoms with Gasteiger partial charge in [-0.05, 0) is 48.7 Å². The maximum atomic E-state index is 12.8. The Balaban J connectivity index is 1.45. The van der Waals surface area contributed by atoms with Gasteiger partial charge in [-0.25, -0.2) is 4.79 Å². The number of anilines is 1. The molecule has 1 fully saturated rings. The Morgan fingerprint density at radius 3 is 2.43 bits per heavy atom. The van der Waals surface area contributed by atoms with Gasteiger partial charge in [0.1, 0.15) is 4.32 Å². The number of benzene rings is 2. The first-order chi connectivity index (χ1) is 16.7. The van der Waals surface area contributed by atoms with Gasteiger partial charge in [0.2, 0.25) is 5.91 Å². The molecule has 35 heavy (non-hydrogen) atoms. The standard InChI is InChI=1S/C24H21Cl3N2O4S2/c1-33-23(32)15-8-6-14(7-9-15)11-20-22(31)29(24(34)35-20)10-4-2-3-5-21(30)28-19-13-17(26)16(25)12-18(19)27/h6-9,11-13H,2-5,10H2,1H3,(H,28,30). The molecule has 0 unspecified atom stereocenters. The fraction of sp³-hybridized carbons (Fsp3) is 0.250. The highest BCUT2D eigenvalue weighted by Crippen LogP contribution is 2.33. The highest BCUT2D eigenvalue weighted by molar-refractivity contribution is 8.26. The van der Waals surface area contributed by atoms with Gasteiger partial charge >= 0.3 is 5.97 Å². The first-order valence-electron chi connectivity index (χ1n) is 10.6. The van der Waals surface area contributed by atoms with Crippen molar-refractivity contribution in [3.05, 3.63) is 67.5 Å². The number of ether oxygens (including phenoxy) is 1. The molecule has 6 nitrogen and oxygen atoms in total. The molecule has 2 aromatic carbocycles. The van der Waals surface area contributed by atoms with Crippen LogP contribution in [0.25, 0.3) is 6.08 Å². The monoisotopic (exact) mass is 570 g/mol. The number of esters is 1. The second-order valence-electron chi connectivity index (χ2n) is 7.55. The minimum Gasteiger partial charge on any atom is -0.465 e. The SMILES string of the molecule is COC(=O)c1ccc(C=C2SC(=S)N(CCCCCC(=O)Nc3cc(Cl)c(Cl)cc3Cl)C2=O)cc1. The molecule has 184 valence electrons. The Morgan fingerprint density at radius 2 is 1.74 bits per heavy atom. The van der Waals surface area contributed by atoms with Gasteiger partial charge in [0.15, 0.2) is 0 Å². The number of methoxy groups -OCH3 is 1. The lowest BCUT2D eigenvalue weighted by atomic mass is 10.1. The maximum Gasteiger partial charge on any atom is 0.337 e. The second kappa shape index (κ2) is 12.7. The molecular formula is C24H21Cl3N2O4S2. The van der Waals surface area contributed by atoms with Gasteiger partial charge in [0, 0.05) is 13.0 Å². The number of nitrogens with one attached hydrogen (secondary N) is 1. The van der Waals surface area contributed by atoms with Crippen LogP contribution < -0.4 is 5.32 Å². The summed E-state index contributed by atoms with van der Waals surface area (Å²) >= 11 is 24.6. The largest absolute Gasteiger partial charge is 0.465 e. The molecule has 1 N–H and O–H groups in total. The average molecular weight is 572 g/mol. The lowest BCUT2D eigenvalue weighted by molar-refractivity contribution is -0.122. The van der Waals surface area contributed by atoms with E-state index in [1.165, 1.54) is 31.0 Å². The molecule has 3 rings (SSSR count). The van der Waals surface area contributed by atoms with Crippen molar-refractivity contribution >= 4 is 92.7 Å². The summed E-state index contributed by atoms with van der Waals surface area (Å²) in [4.78, 5) is 38.6. The van der Waals surface area contributed by atoms with E-state index < -0.39 is 5.97 Å². The topological polar surface area (TPSA) is 75.7 Å². The minimum atomic E-state index is -0.418. The fourth-order valence-electron chi connectivity index (χ4n) is 3.24. The molecule has 11 heteroatoms. The summed E-state index contributed by atoms with van der Waals surface area (Å²) in [7, 11) is 1.32. The zero-order valence-electron chi connectivity index (χ0n) is 18.6. The molecule has 1 aliphatic rings. The molecule has 1 aliphatic heterocycles. The molecule has 0 spiro atoms. The summed E-state index contributed by atoms with van der Waals surface area (Å²) in [5.41, 5.74) is 1.63. The third kappa shape index (κ3) is 7.44. The molecule has 0 radical (unpaired) electrons. The zero-order valence-corrected chi connectivity index (χ0v) is 22.5. The van der Waals surface area contributed by atoms with Crippen molar-refractivity contribution < 1.29 is 19.1 Å². The Bertz CT molecular complexity index is 1190. The number of carbonyl (C=O) groups is 3. The lowest BCUT2D eigenvalue weighted by Gasteiger charge is -2.14. The number of hydrogen-bond donors (Lipinski definition) is 1. The fourth-order valence-corrected chi connectivity index (χ4v) is 5.14. The molecule has 0 saturated carbocycles. The van der Waals surface area contributed by atoms with E-state index in [2.05, 4.69) is 10.1 Å². The lowest BCUT2D eigenvalue weighted by Crippen LogP contribution is -2.29. The number of carbonyl (C=O) groups excluding carboxylic acids is 3. The van der Waals surface area contributed by atoms with Crippen molar-refractivity contribution in [3.8, 4) is 0 Å². The Hall–Kier alpha value is -2.10. The smallest absolute Gasteiger partial charge is 0.337 e. The van der Waals surface area contributed by atoms with E-state index in [1.807, 2.05) is 0 Å². The molecule has 0 aliphatic carbocycles. The summed E-state index contributed by atoms with van der Waals surface area (Å²) in [6.45, 7) is 0.476. The van der Waals surface area contributed by atoms with Crippen molar-refractivity contribution in [2.75, 3.05) is 19.0 Å². The van der Waals surface area contributed by atoms with E-state index in [4.69, 9.17) is 47.0 Å². The summed E-state index contributed by atoms with van der Waals surface area (Å²) in [6, 6.07) is 9.77. The van der Waals surface area contributed by atoms with Crippen molar-refractivity contribution in [2.24, 2.45) is 0 Å². The van der Waals surface area contributed by atoms with Crippen LogP contribution in [0.4, 0.5) is 5.69 Å². The van der Waals surface area contributed by atoms with E-state index >= 15 is 0 Å². The number of thioether (sulfide) groups is 1. The van der Waals surface area contributed by atoms with Crippen LogP contribution in [0.3, 0.4) is 0 Å². The highest BCUT2D eigenvalue weighted by atomic mass is 35.5. The first-order valence-corrected chi connectivity index (χ1v) is 12.9. The molecule has 0 aromatic heterocycles. The maximum absolute atomic E-state index is 12.8. The van der Waals surface area contributed by atoms with Gasteiger partial charge in [-0.3, -0.25) is 14.5 Å². The van der Waals surface area contributed by atoms with Gasteiger partial charge in [-0.1, -0.05) is 77.3 Å². The Kier molecular flexibility index (Phi) is 10.0. The number of unbranched alkanes of at least 4 members (excludes halogenated alkanes) is 2. The molecule has 0 bridgehead atoms. The van der Waals surface area contributed by atoms with Gasteiger partial charge in [0.25, 0.3) is 5.91 Å². The molecule has 2 amide bonds. The quantitative estimate of drug-likeness (QED) is 0.117. The summed E-state index contributed by atoms with van der Waals surface area (Å²) in [5, 5.41) is 3.67. The van der Waals surface area contributed by atoms with Crippen molar-refractivity contribution in [1.82, 2.24) is 4.90 Å². The van der Waals surface area contributed by atoms with Crippen molar-refractivity contribution in [2.45, 2.75) is 25.7 Å². The van der Waals surface area contributed by atoms with E-state index in [9.17, 15) is 14.4 Å². The first kappa shape index (κ1) is 27.5. The highest BCUT2D eigenvalue weighted by Gasteiger charge is 2.31. The molecule has 2 aromatic rings. The predicted octanol–water partition coefficient (Wildman–Crippen LogP) is 6.83. The number of thiocarbonyl (C=S) groups is 1. The summed E-state index contributed by atoms with van der Waals surface area (Å²) < 4.78 is 5.19. The van der Waals surface area contributed by atoms with E-state index in [0.29, 0.717) is 61.4 Å². The third-order valence-corrected chi connectivity index (χ3v) is 7.49. The van der Waals surface area contributed by atoms with Crippen molar-refractivity contribution in [3.63, 3.8) is 0 Å². The number of halogens is 3. The third-order valence-electron chi connectivity index (χ3n) is 5.07. The number of nitrogens with zero attached hydrogens (tertiary/aromatic N) is 1. The number of hydrogen-bond acceptors (Lipinski definition) is 6. The molecule has 0 atom stereocenters. The van der Waals surface area contributed by atoms with Gasteiger partial charge in [-0.2, -0.15) is 0 Å². The second-order valence-corrected chi connectivity index (χ2v) is 10.4. The van der Waals surface area contributed by atoms with Crippen LogP contribution in [0.2, 0.25) is 15.1 Å². The van der Waals surface area contributed by atoms with E-state index in [0.717, 1.165) is 12.0 Å². The van der Waals surface area contributed by atoms with Crippen LogP contribution in [0.15, 0.2) is 41.3 Å². The zero-order chi connectivity index (χ0) is 25.5. The molecule has 1 heterocycles. The van der Waals surface area contributed by atoms with Crippen LogP contribution in [0.1, 0.15) is 41.6 Å². The van der Waals surface area contributed by atoms with Crippen LogP contribution in [-0.4, -0.2) is 40.7 Å². The van der Waals surface area contributed by atoms with E-state index in [1.54, 1.807) is 35.2 Å². The van der Waals surface area contributed by atoms with Crippen LogP contribution in [0, 0.1) is 0 Å². The molecule has 1 saturated heterocycles. The number of rotatable bonds is 9. The summed E-state index contributed by atoms with van der Waals surface area (Å²) in [6.07, 6.45) is 4.14. The van der Waals surface area contributed by atoms with Crippen LogP contribution >= 0.6 is 58.8 Å². The average Bonchev–Trinajstić information content (AvgIpc) is 3.09. The van der Waals surface area contributed by atoms with E-state index in [-0.39, 0.29) is 11.8 Å². The van der Waals surface area contributed by atoms with Gasteiger partial charge < -0.3 is 10.1 Å². The van der Waals surface area contributed by atoms with Crippen molar-refractivity contribution in [1.29, 1.82) is 0 Å². The Labute approximate surface area is 227 Å². The van der Waals surface area contributed by atoms with Crippen LogP contribution in [0.5, 0.6) is 0 Å². The summed E-state index contributed by atoms with van der Waals surface area (Å²) in [5.74, 6) is -0.750. The van der Waals surface area contributed by atoms with Gasteiger partial charge in [-0.15, -0.1) is 0 Å². The molecular weight excluding hydrogens is 551 g/mol. The Morgan fingerprint density at radius 1 is 1.06 bits per heavy atom. The predicted molar refractivity (Wildman–Crippen MR) is 146 cm³/mol. The van der Waals surface area contributed by atoms with Gasteiger partial charge in [0.05, 0.1) is 38.3 Å². The minimum absolute atomic E-state index is 0.149. The number of amides is 2. The normalized spacial score (nSPS) is 14.5. The van der Waals surface area contributed by atoms with Crippen LogP contribution in [-0.2, 0) is 14.3 Å².